The Bertz CT molecular complexity index is 229. The minimum atomic E-state index is -0.815. The molecule has 0 aromatic heterocycles. The van der Waals surface area contributed by atoms with Crippen LogP contribution in [0.2, 0.25) is 0 Å². The topological polar surface area (TPSA) is 67.4 Å². The fraction of sp³-hybridized carbons (Fsp3) is 0.889. The van der Waals surface area contributed by atoms with Gasteiger partial charge in [0.05, 0.1) is 12.6 Å². The summed E-state index contributed by atoms with van der Waals surface area (Å²) in [5.74, 6) is 1.16. The van der Waals surface area contributed by atoms with Crippen molar-refractivity contribution >= 4 is 16.8 Å². The van der Waals surface area contributed by atoms with Gasteiger partial charge >= 0.3 is 6.03 Å². The van der Waals surface area contributed by atoms with E-state index in [1.807, 2.05) is 6.92 Å². The SMILES string of the molecule is CCS(=O)CCNC(=O)NC1CCOC1. The van der Waals surface area contributed by atoms with Gasteiger partial charge in [-0.1, -0.05) is 6.92 Å². The molecule has 0 aliphatic carbocycles. The van der Waals surface area contributed by atoms with Crippen LogP contribution in [0, 0.1) is 0 Å². The molecule has 2 N–H and O–H groups in total. The van der Waals surface area contributed by atoms with Crippen molar-refractivity contribution in [2.45, 2.75) is 19.4 Å². The quantitative estimate of drug-likeness (QED) is 0.695. The largest absolute Gasteiger partial charge is 0.379 e. The zero-order valence-corrected chi connectivity index (χ0v) is 9.77. The van der Waals surface area contributed by atoms with E-state index in [9.17, 15) is 9.00 Å². The Morgan fingerprint density at radius 1 is 1.60 bits per heavy atom. The van der Waals surface area contributed by atoms with Crippen LogP contribution < -0.4 is 10.6 Å². The molecular formula is C9H18N2O3S. The van der Waals surface area contributed by atoms with Crippen LogP contribution in [0.1, 0.15) is 13.3 Å². The Morgan fingerprint density at radius 3 is 3.00 bits per heavy atom. The Labute approximate surface area is 92.4 Å². The van der Waals surface area contributed by atoms with E-state index in [1.165, 1.54) is 0 Å². The van der Waals surface area contributed by atoms with Crippen molar-refractivity contribution in [1.29, 1.82) is 0 Å². The summed E-state index contributed by atoms with van der Waals surface area (Å²) in [5, 5.41) is 5.47. The van der Waals surface area contributed by atoms with Crippen molar-refractivity contribution in [3.05, 3.63) is 0 Å². The molecule has 0 saturated carbocycles. The normalized spacial score (nSPS) is 22.3. The predicted octanol–water partition coefficient (Wildman–Crippen LogP) is -0.157. The van der Waals surface area contributed by atoms with Crippen molar-refractivity contribution in [3.8, 4) is 0 Å². The molecule has 0 aromatic rings. The zero-order valence-electron chi connectivity index (χ0n) is 8.95. The third-order valence-corrected chi connectivity index (χ3v) is 3.51. The Balaban J connectivity index is 2.05. The first-order valence-electron chi connectivity index (χ1n) is 5.19. The van der Waals surface area contributed by atoms with Gasteiger partial charge in [0.25, 0.3) is 0 Å². The van der Waals surface area contributed by atoms with E-state index in [-0.39, 0.29) is 12.1 Å². The summed E-state index contributed by atoms with van der Waals surface area (Å²) in [5.41, 5.74) is 0. The van der Waals surface area contributed by atoms with Crippen LogP contribution in [0.3, 0.4) is 0 Å². The highest BCUT2D eigenvalue weighted by molar-refractivity contribution is 7.84. The number of rotatable bonds is 5. The molecule has 5 nitrogen and oxygen atoms in total. The molecule has 0 aromatic carbocycles. The van der Waals surface area contributed by atoms with E-state index in [0.717, 1.165) is 6.42 Å². The summed E-state index contributed by atoms with van der Waals surface area (Å²) in [4.78, 5) is 11.3. The van der Waals surface area contributed by atoms with E-state index in [4.69, 9.17) is 4.74 Å². The molecule has 15 heavy (non-hydrogen) atoms. The first-order valence-corrected chi connectivity index (χ1v) is 6.68. The number of amides is 2. The van der Waals surface area contributed by atoms with E-state index in [2.05, 4.69) is 10.6 Å². The average Bonchev–Trinajstić information content (AvgIpc) is 2.70. The van der Waals surface area contributed by atoms with Gasteiger partial charge in [-0.25, -0.2) is 4.79 Å². The van der Waals surface area contributed by atoms with E-state index >= 15 is 0 Å². The third-order valence-electron chi connectivity index (χ3n) is 2.20. The lowest BCUT2D eigenvalue weighted by molar-refractivity contribution is 0.188. The molecule has 2 amide bonds. The summed E-state index contributed by atoms with van der Waals surface area (Å²) < 4.78 is 16.2. The number of ether oxygens (including phenoxy) is 1. The van der Waals surface area contributed by atoms with Crippen LogP contribution in [-0.2, 0) is 15.5 Å². The van der Waals surface area contributed by atoms with Crippen molar-refractivity contribution < 1.29 is 13.7 Å². The molecular weight excluding hydrogens is 216 g/mol. The standard InChI is InChI=1S/C9H18N2O3S/c1-2-15(13)6-4-10-9(12)11-8-3-5-14-7-8/h8H,2-7H2,1H3,(H2,10,11,12). The Morgan fingerprint density at radius 2 is 2.40 bits per heavy atom. The molecule has 0 bridgehead atoms. The maximum absolute atomic E-state index is 11.3. The van der Waals surface area contributed by atoms with Gasteiger partial charge in [0.15, 0.2) is 0 Å². The number of carbonyl (C=O) groups is 1. The molecule has 6 heteroatoms. The summed E-state index contributed by atoms with van der Waals surface area (Å²) in [6.07, 6.45) is 0.869. The number of urea groups is 1. The summed E-state index contributed by atoms with van der Waals surface area (Å²) in [6.45, 7) is 3.63. The molecule has 1 aliphatic heterocycles. The van der Waals surface area contributed by atoms with Gasteiger partial charge < -0.3 is 15.4 Å². The highest BCUT2D eigenvalue weighted by Gasteiger charge is 2.17. The first kappa shape index (κ1) is 12.4. The zero-order chi connectivity index (χ0) is 11.1. The molecule has 1 aliphatic rings. The monoisotopic (exact) mass is 234 g/mol. The summed E-state index contributed by atoms with van der Waals surface area (Å²) in [6, 6.07) is -0.0692. The van der Waals surface area contributed by atoms with E-state index < -0.39 is 10.8 Å². The molecule has 1 saturated heterocycles. The van der Waals surface area contributed by atoms with Gasteiger partial charge in [-0.2, -0.15) is 0 Å². The lowest BCUT2D eigenvalue weighted by Crippen LogP contribution is -2.43. The first-order chi connectivity index (χ1) is 7.22. The average molecular weight is 234 g/mol. The maximum atomic E-state index is 11.3. The van der Waals surface area contributed by atoms with Crippen LogP contribution in [0.15, 0.2) is 0 Å². The molecule has 1 fully saturated rings. The summed E-state index contributed by atoms with van der Waals surface area (Å²) in [7, 11) is -0.815. The van der Waals surface area contributed by atoms with Crippen LogP contribution >= 0.6 is 0 Å². The Hall–Kier alpha value is -0.620. The highest BCUT2D eigenvalue weighted by atomic mass is 32.2. The second kappa shape index (κ2) is 6.79. The second-order valence-electron chi connectivity index (χ2n) is 3.39. The minimum absolute atomic E-state index is 0.127. The molecule has 0 radical (unpaired) electrons. The van der Waals surface area contributed by atoms with Gasteiger partial charge in [0.2, 0.25) is 0 Å². The lowest BCUT2D eigenvalue weighted by Gasteiger charge is -2.11. The highest BCUT2D eigenvalue weighted by Crippen LogP contribution is 2.02. The Kier molecular flexibility index (Phi) is 5.63. The van der Waals surface area contributed by atoms with Gasteiger partial charge in [-0.15, -0.1) is 0 Å². The molecule has 0 spiro atoms. The van der Waals surface area contributed by atoms with Crippen molar-refractivity contribution in [1.82, 2.24) is 10.6 Å². The molecule has 1 rings (SSSR count). The second-order valence-corrected chi connectivity index (χ2v) is 5.26. The number of nitrogens with one attached hydrogen (secondary N) is 2. The van der Waals surface area contributed by atoms with Crippen molar-refractivity contribution in [3.63, 3.8) is 0 Å². The maximum Gasteiger partial charge on any atom is 0.315 e. The minimum Gasteiger partial charge on any atom is -0.379 e. The van der Waals surface area contributed by atoms with Crippen LogP contribution in [0.25, 0.3) is 0 Å². The van der Waals surface area contributed by atoms with Gasteiger partial charge in [0, 0.05) is 35.5 Å². The van der Waals surface area contributed by atoms with E-state index in [1.54, 1.807) is 0 Å². The predicted molar refractivity (Wildman–Crippen MR) is 59.3 cm³/mol. The molecule has 88 valence electrons. The lowest BCUT2D eigenvalue weighted by atomic mass is 10.3. The third kappa shape index (κ3) is 5.13. The summed E-state index contributed by atoms with van der Waals surface area (Å²) >= 11 is 0. The number of hydrogen-bond acceptors (Lipinski definition) is 3. The van der Waals surface area contributed by atoms with Crippen molar-refractivity contribution in [2.24, 2.45) is 0 Å². The van der Waals surface area contributed by atoms with Gasteiger partial charge in [-0.05, 0) is 6.42 Å². The molecule has 1 heterocycles. The van der Waals surface area contributed by atoms with Crippen LogP contribution in [0.4, 0.5) is 4.79 Å². The fourth-order valence-electron chi connectivity index (χ4n) is 1.31. The van der Waals surface area contributed by atoms with Gasteiger partial charge in [0.1, 0.15) is 0 Å². The fourth-order valence-corrected chi connectivity index (χ4v) is 1.93. The number of carbonyl (C=O) groups excluding carboxylic acids is 1. The van der Waals surface area contributed by atoms with Crippen LogP contribution in [-0.4, -0.2) is 47.5 Å². The van der Waals surface area contributed by atoms with Crippen molar-refractivity contribution in [2.75, 3.05) is 31.3 Å². The van der Waals surface area contributed by atoms with Crippen LogP contribution in [0.5, 0.6) is 0 Å². The number of hydrogen-bond donors (Lipinski definition) is 2. The molecule has 2 unspecified atom stereocenters. The smallest absolute Gasteiger partial charge is 0.315 e. The van der Waals surface area contributed by atoms with Gasteiger partial charge in [-0.3, -0.25) is 4.21 Å². The van der Waals surface area contributed by atoms with E-state index in [0.29, 0.717) is 31.3 Å². The molecule has 2 atom stereocenters.